The van der Waals surface area contributed by atoms with Crippen molar-refractivity contribution in [3.63, 3.8) is 0 Å². The zero-order chi connectivity index (χ0) is 45.2. The first kappa shape index (κ1) is 51.0. The highest BCUT2D eigenvalue weighted by Gasteiger charge is 2.56. The normalized spacial score (nSPS) is 40.4. The Morgan fingerprint density at radius 3 is 2.23 bits per heavy atom. The number of hydrogen-bond acceptors (Lipinski definition) is 12. The first-order valence-corrected chi connectivity index (χ1v) is 23.6. The van der Waals surface area contributed by atoms with Gasteiger partial charge in [-0.2, -0.15) is 0 Å². The van der Waals surface area contributed by atoms with Gasteiger partial charge in [0.25, 0.3) is 11.7 Å². The number of ether oxygens (including phenoxy) is 2. The van der Waals surface area contributed by atoms with E-state index in [1.807, 2.05) is 13.8 Å². The van der Waals surface area contributed by atoms with Gasteiger partial charge in [-0.05, 0) is 99.7 Å². The number of carbonyl (C=O) groups is 4. The smallest absolute Gasteiger partial charge is 0.344 e. The molecule has 2 bridgehead atoms. The van der Waals surface area contributed by atoms with Crippen molar-refractivity contribution in [3.05, 3.63) is 0 Å². The monoisotopic (exact) mass is 865 g/mol. The standard InChI is InChI=1S/C47H80N2O12/c1-9-12-35-18-27(2)17-28(3)19-36(24-50)43-37(25-51)22-32(7)47(58,61-43)44(55)45(56)49-16-11-10-13-39(49)46(57)60-42(31(6)21-34-15-14-29(4)30(5)20-34)33(8)40(52)23-38(35)48-59-26-41(53)54/h27-37,39-40,42-43,50-52,58H,9-26H2,1-8H3,(H,53,54)/t27?,28-,29+,30+,31?,32+,33+,34+,35+,36+,37+,39-,40-,42+,43+,47+/m0/s1. The van der Waals surface area contributed by atoms with Crippen LogP contribution in [-0.2, 0) is 33.5 Å². The summed E-state index contributed by atoms with van der Waals surface area (Å²) in [6.45, 7) is 15.1. The van der Waals surface area contributed by atoms with E-state index < -0.39 is 84.0 Å². The van der Waals surface area contributed by atoms with Crippen LogP contribution in [0.4, 0.5) is 0 Å². The number of Topliss-reactive ketones (excluding diaryl/α,β-unsaturated/α-hetero) is 1. The van der Waals surface area contributed by atoms with Crippen LogP contribution in [0.5, 0.6) is 0 Å². The van der Waals surface area contributed by atoms with Gasteiger partial charge in [0.15, 0.2) is 0 Å². The molecule has 16 atom stereocenters. The molecule has 0 spiro atoms. The number of carboxylic acids is 1. The minimum atomic E-state index is -2.54. The van der Waals surface area contributed by atoms with Crippen LogP contribution < -0.4 is 0 Å². The Labute approximate surface area is 364 Å². The number of aliphatic hydroxyl groups is 4. The Hall–Kier alpha value is -2.65. The molecule has 5 N–H and O–H groups in total. The van der Waals surface area contributed by atoms with E-state index >= 15 is 0 Å². The summed E-state index contributed by atoms with van der Waals surface area (Å²) in [6, 6.07) is -1.11. The minimum Gasteiger partial charge on any atom is -0.479 e. The number of piperidine rings is 1. The Morgan fingerprint density at radius 2 is 1.59 bits per heavy atom. The van der Waals surface area contributed by atoms with Crippen LogP contribution in [-0.4, -0.2) is 116 Å². The Bertz CT molecular complexity index is 1480. The number of aliphatic carboxylic acids is 1. The van der Waals surface area contributed by atoms with Crippen molar-refractivity contribution >= 4 is 29.3 Å². The zero-order valence-electron chi connectivity index (χ0n) is 38.4. The summed E-state index contributed by atoms with van der Waals surface area (Å²) in [5.74, 6) is -7.78. The van der Waals surface area contributed by atoms with E-state index in [1.54, 1.807) is 6.92 Å². The second-order valence-corrected chi connectivity index (χ2v) is 20.2. The van der Waals surface area contributed by atoms with Crippen molar-refractivity contribution in [3.8, 4) is 0 Å². The number of amides is 1. The van der Waals surface area contributed by atoms with E-state index in [1.165, 1.54) is 4.90 Å². The van der Waals surface area contributed by atoms with Crippen molar-refractivity contribution in [2.75, 3.05) is 26.4 Å². The first-order chi connectivity index (χ1) is 28.8. The van der Waals surface area contributed by atoms with Crippen molar-refractivity contribution in [1.29, 1.82) is 0 Å². The largest absolute Gasteiger partial charge is 0.479 e. The minimum absolute atomic E-state index is 0.0281. The molecular formula is C47H80N2O12. The molecule has 0 radical (unpaired) electrons. The molecular weight excluding hydrogens is 785 g/mol. The van der Waals surface area contributed by atoms with Crippen molar-refractivity contribution in [1.82, 2.24) is 4.90 Å². The molecule has 1 amide bonds. The van der Waals surface area contributed by atoms with Gasteiger partial charge < -0.3 is 44.7 Å². The Morgan fingerprint density at radius 1 is 0.918 bits per heavy atom. The molecule has 4 fully saturated rings. The lowest BCUT2D eigenvalue weighted by atomic mass is 9.71. The summed E-state index contributed by atoms with van der Waals surface area (Å²) < 4.78 is 12.7. The lowest BCUT2D eigenvalue weighted by Crippen LogP contribution is -2.63. The van der Waals surface area contributed by atoms with Crippen LogP contribution in [0.25, 0.3) is 0 Å². The second kappa shape index (κ2) is 23.3. The molecule has 14 nitrogen and oxygen atoms in total. The molecule has 350 valence electrons. The van der Waals surface area contributed by atoms with Gasteiger partial charge in [-0.1, -0.05) is 79.8 Å². The SMILES string of the molecule is CCC[C@@H]1CC(C)C[C@H](C)C[C@H](CO)[C@H]2O[C@@](O)(C(=O)C(=O)N3CCCC[C@H]3C(=O)O[C@H](C(C)C[C@@H]3CC[C@@H](C)[C@H](C)C3)[C@H](C)[C@@H](O)CC1=NOCC(=O)O)[C@H](C)C[C@@H]2CO. The third-order valence-corrected chi connectivity index (χ3v) is 15.0. The van der Waals surface area contributed by atoms with Gasteiger partial charge in [0.2, 0.25) is 12.4 Å². The van der Waals surface area contributed by atoms with Crippen molar-refractivity contribution in [2.24, 2.45) is 70.3 Å². The maximum absolute atomic E-state index is 14.5. The maximum atomic E-state index is 14.5. The molecule has 3 aliphatic heterocycles. The predicted molar refractivity (Wildman–Crippen MR) is 230 cm³/mol. The number of carboxylic acid groups (broad SMARTS) is 1. The quantitative estimate of drug-likeness (QED) is 0.0973. The number of oxime groups is 1. The number of rotatable bonds is 10. The fraction of sp³-hybridized carbons (Fsp3) is 0.894. The molecule has 61 heavy (non-hydrogen) atoms. The third kappa shape index (κ3) is 13.2. The van der Waals surface area contributed by atoms with E-state index in [0.29, 0.717) is 55.6 Å². The molecule has 1 saturated carbocycles. The molecule has 0 aromatic heterocycles. The summed E-state index contributed by atoms with van der Waals surface area (Å²) >= 11 is 0. The molecule has 3 heterocycles. The number of fused-ring (bicyclic) bond motifs is 3. The first-order valence-electron chi connectivity index (χ1n) is 23.6. The lowest BCUT2D eigenvalue weighted by Gasteiger charge is -2.47. The molecule has 3 saturated heterocycles. The third-order valence-electron chi connectivity index (χ3n) is 15.0. The Kier molecular flexibility index (Phi) is 19.5. The fourth-order valence-corrected chi connectivity index (χ4v) is 11.3. The molecule has 4 aliphatic rings. The van der Waals surface area contributed by atoms with Crippen LogP contribution >= 0.6 is 0 Å². The topological polar surface area (TPSA) is 213 Å². The summed E-state index contributed by atoms with van der Waals surface area (Å²) in [6.07, 6.45) is 6.20. The van der Waals surface area contributed by atoms with Crippen LogP contribution in [0.2, 0.25) is 0 Å². The summed E-state index contributed by atoms with van der Waals surface area (Å²) in [7, 11) is 0. The zero-order valence-corrected chi connectivity index (χ0v) is 38.4. The van der Waals surface area contributed by atoms with Gasteiger partial charge in [-0.25, -0.2) is 9.59 Å². The highest BCUT2D eigenvalue weighted by atomic mass is 16.6. The van der Waals surface area contributed by atoms with Crippen LogP contribution in [0.1, 0.15) is 145 Å². The molecule has 1 aliphatic carbocycles. The van der Waals surface area contributed by atoms with E-state index in [-0.39, 0.29) is 62.7 Å². The molecule has 2 unspecified atom stereocenters. The average Bonchev–Trinajstić information content (AvgIpc) is 3.22. The number of esters is 1. The number of aliphatic hydroxyl groups excluding tert-OH is 3. The highest BCUT2D eigenvalue weighted by molar-refractivity contribution is 6.39. The summed E-state index contributed by atoms with van der Waals surface area (Å²) in [5, 5.41) is 59.2. The van der Waals surface area contributed by atoms with Gasteiger partial charge in [0.05, 0.1) is 17.9 Å². The Balaban J connectivity index is 1.79. The summed E-state index contributed by atoms with van der Waals surface area (Å²) in [5.41, 5.74) is 0.547. The van der Waals surface area contributed by atoms with Crippen LogP contribution in [0.3, 0.4) is 0 Å². The van der Waals surface area contributed by atoms with Crippen molar-refractivity contribution < 1.29 is 59.0 Å². The van der Waals surface area contributed by atoms with Crippen LogP contribution in [0, 0.1) is 65.1 Å². The van der Waals surface area contributed by atoms with E-state index in [4.69, 9.17) is 14.3 Å². The predicted octanol–water partition coefficient (Wildman–Crippen LogP) is 5.99. The average molecular weight is 865 g/mol. The number of hydrogen-bond donors (Lipinski definition) is 5. The number of ketones is 1. The number of cyclic esters (lactones) is 1. The van der Waals surface area contributed by atoms with Crippen LogP contribution in [0.15, 0.2) is 5.16 Å². The van der Waals surface area contributed by atoms with Gasteiger partial charge in [0.1, 0.15) is 12.1 Å². The number of carbonyl (C=O) groups excluding carboxylic acids is 3. The molecule has 14 heteroatoms. The second-order valence-electron chi connectivity index (χ2n) is 20.2. The highest BCUT2D eigenvalue weighted by Crippen LogP contribution is 2.43. The van der Waals surface area contributed by atoms with Gasteiger partial charge in [-0.15, -0.1) is 0 Å². The molecule has 0 aromatic rings. The number of nitrogens with zero attached hydrogens (tertiary/aromatic N) is 2. The van der Waals surface area contributed by atoms with E-state index in [0.717, 1.165) is 38.5 Å². The van der Waals surface area contributed by atoms with Crippen molar-refractivity contribution in [2.45, 2.75) is 175 Å². The van der Waals surface area contributed by atoms with E-state index in [9.17, 15) is 44.7 Å². The summed E-state index contributed by atoms with van der Waals surface area (Å²) in [4.78, 5) is 61.2. The maximum Gasteiger partial charge on any atom is 0.344 e. The van der Waals surface area contributed by atoms with Gasteiger partial charge in [0, 0.05) is 55.8 Å². The van der Waals surface area contributed by atoms with Gasteiger partial charge >= 0.3 is 11.9 Å². The fourth-order valence-electron chi connectivity index (χ4n) is 11.3. The van der Waals surface area contributed by atoms with Gasteiger partial charge in [-0.3, -0.25) is 9.59 Å². The molecule has 4 rings (SSSR count). The lowest BCUT2D eigenvalue weighted by molar-refractivity contribution is -0.289. The molecule has 0 aromatic carbocycles. The van der Waals surface area contributed by atoms with E-state index in [2.05, 4.69) is 39.8 Å².